The third-order valence-corrected chi connectivity index (χ3v) is 6.99. The number of rotatable bonds is 26. The highest BCUT2D eigenvalue weighted by Crippen LogP contribution is 2.16. The number of hydrogen-bond donors (Lipinski definition) is 2. The van der Waals surface area contributed by atoms with Crippen molar-refractivity contribution in [3.63, 3.8) is 0 Å². The third-order valence-electron chi connectivity index (χ3n) is 6.99. The molecule has 0 aromatic carbocycles. The highest BCUT2D eigenvalue weighted by Gasteiger charge is 2.13. The van der Waals surface area contributed by atoms with E-state index in [2.05, 4.69) is 13.8 Å². The lowest BCUT2D eigenvalue weighted by atomic mass is 9.98. The van der Waals surface area contributed by atoms with Crippen molar-refractivity contribution < 1.29 is 5.11 Å². The molecule has 2 atom stereocenters. The monoisotopic (exact) mass is 439 g/mol. The summed E-state index contributed by atoms with van der Waals surface area (Å²) >= 11 is 0. The molecule has 0 aliphatic carbocycles. The zero-order valence-corrected chi connectivity index (χ0v) is 21.9. The smallest absolute Gasteiger partial charge is 0.0691 e. The summed E-state index contributed by atoms with van der Waals surface area (Å²) < 4.78 is 0. The lowest BCUT2D eigenvalue weighted by Crippen LogP contribution is -2.34. The molecule has 0 aromatic rings. The van der Waals surface area contributed by atoms with E-state index in [1.54, 1.807) is 0 Å². The molecule has 188 valence electrons. The van der Waals surface area contributed by atoms with Crippen molar-refractivity contribution >= 4 is 0 Å². The summed E-state index contributed by atoms with van der Waals surface area (Å²) in [5.41, 5.74) is 6.22. The average Bonchev–Trinajstić information content (AvgIpc) is 2.77. The summed E-state index contributed by atoms with van der Waals surface area (Å²) in [6.45, 7) is 4.56. The zero-order chi connectivity index (χ0) is 22.8. The normalized spacial score (nSPS) is 13.5. The van der Waals surface area contributed by atoms with E-state index in [1.165, 1.54) is 141 Å². The van der Waals surface area contributed by atoms with Gasteiger partial charge in [-0.25, -0.2) is 0 Å². The predicted molar refractivity (Wildman–Crippen MR) is 141 cm³/mol. The van der Waals surface area contributed by atoms with Crippen LogP contribution in [0.3, 0.4) is 0 Å². The molecule has 0 fully saturated rings. The molecule has 3 N–H and O–H groups in total. The van der Waals surface area contributed by atoms with Crippen molar-refractivity contribution in [1.29, 1.82) is 0 Å². The van der Waals surface area contributed by atoms with Gasteiger partial charge in [0, 0.05) is 6.04 Å². The Hall–Kier alpha value is -0.0800. The van der Waals surface area contributed by atoms with Crippen molar-refractivity contribution in [3.8, 4) is 0 Å². The second-order valence-electron chi connectivity index (χ2n) is 10.2. The third kappa shape index (κ3) is 24.4. The minimum Gasteiger partial charge on any atom is -0.392 e. The van der Waals surface area contributed by atoms with Crippen molar-refractivity contribution in [2.24, 2.45) is 5.73 Å². The van der Waals surface area contributed by atoms with Gasteiger partial charge in [0.1, 0.15) is 0 Å². The van der Waals surface area contributed by atoms with Crippen molar-refractivity contribution in [2.45, 2.75) is 187 Å². The molecule has 0 spiro atoms. The van der Waals surface area contributed by atoms with Crippen LogP contribution >= 0.6 is 0 Å². The highest BCUT2D eigenvalue weighted by molar-refractivity contribution is 4.71. The maximum atomic E-state index is 10.3. The Morgan fingerprint density at radius 3 is 1.00 bits per heavy atom. The number of aliphatic hydroxyl groups excluding tert-OH is 1. The molecule has 2 nitrogen and oxygen atoms in total. The quantitative estimate of drug-likeness (QED) is 0.132. The first-order chi connectivity index (χ1) is 15.2. The van der Waals surface area contributed by atoms with Crippen LogP contribution in [-0.4, -0.2) is 17.3 Å². The lowest BCUT2D eigenvalue weighted by molar-refractivity contribution is 0.126. The summed E-state index contributed by atoms with van der Waals surface area (Å²) in [4.78, 5) is 0. The molecule has 0 bridgehead atoms. The van der Waals surface area contributed by atoms with Gasteiger partial charge in [-0.3, -0.25) is 0 Å². The van der Waals surface area contributed by atoms with Crippen LogP contribution in [0, 0.1) is 0 Å². The minimum atomic E-state index is -0.286. The molecular formula is C29H61NO. The molecule has 0 radical (unpaired) electrons. The van der Waals surface area contributed by atoms with Crippen LogP contribution in [0.4, 0.5) is 0 Å². The van der Waals surface area contributed by atoms with Gasteiger partial charge in [0.25, 0.3) is 0 Å². The van der Waals surface area contributed by atoms with Crippen molar-refractivity contribution in [2.75, 3.05) is 0 Å². The average molecular weight is 440 g/mol. The van der Waals surface area contributed by atoms with E-state index < -0.39 is 0 Å². The Kier molecular flexibility index (Phi) is 26.1. The van der Waals surface area contributed by atoms with E-state index >= 15 is 0 Å². The SMILES string of the molecule is CCCCCCCCCCCCCCCCC(N)C(O)CCCCCCCCCCC. The van der Waals surface area contributed by atoms with Crippen molar-refractivity contribution in [3.05, 3.63) is 0 Å². The Balaban J connectivity index is 3.27. The molecule has 31 heavy (non-hydrogen) atoms. The van der Waals surface area contributed by atoms with Crippen molar-refractivity contribution in [1.82, 2.24) is 0 Å². The van der Waals surface area contributed by atoms with Crippen LogP contribution in [0.5, 0.6) is 0 Å². The number of hydrogen-bond acceptors (Lipinski definition) is 2. The Bertz CT molecular complexity index is 320. The minimum absolute atomic E-state index is 0.00799. The first-order valence-electron chi connectivity index (χ1n) is 14.7. The second-order valence-corrected chi connectivity index (χ2v) is 10.2. The number of nitrogens with two attached hydrogens (primary N) is 1. The molecule has 2 heteroatoms. The lowest BCUT2D eigenvalue weighted by Gasteiger charge is -2.18. The predicted octanol–water partition coefficient (Wildman–Crippen LogP) is 9.47. The van der Waals surface area contributed by atoms with E-state index in [4.69, 9.17) is 5.73 Å². The van der Waals surface area contributed by atoms with Crippen LogP contribution in [-0.2, 0) is 0 Å². The van der Waals surface area contributed by atoms with Crippen LogP contribution in [0.15, 0.2) is 0 Å². The van der Waals surface area contributed by atoms with E-state index in [0.717, 1.165) is 19.3 Å². The van der Waals surface area contributed by atoms with Crippen LogP contribution in [0.1, 0.15) is 174 Å². The van der Waals surface area contributed by atoms with E-state index in [1.807, 2.05) is 0 Å². The molecular weight excluding hydrogens is 378 g/mol. The Morgan fingerprint density at radius 1 is 0.419 bits per heavy atom. The van der Waals surface area contributed by atoms with Crippen LogP contribution < -0.4 is 5.73 Å². The Morgan fingerprint density at radius 2 is 0.677 bits per heavy atom. The Labute approximate surface area is 197 Å². The van der Waals surface area contributed by atoms with Crippen LogP contribution in [0.25, 0.3) is 0 Å². The maximum absolute atomic E-state index is 10.3. The fraction of sp³-hybridized carbons (Fsp3) is 1.00. The fourth-order valence-corrected chi connectivity index (χ4v) is 4.65. The van der Waals surface area contributed by atoms with Gasteiger partial charge >= 0.3 is 0 Å². The zero-order valence-electron chi connectivity index (χ0n) is 21.9. The van der Waals surface area contributed by atoms with Gasteiger partial charge in [-0.15, -0.1) is 0 Å². The summed E-state index contributed by atoms with van der Waals surface area (Å²) in [5, 5.41) is 10.3. The van der Waals surface area contributed by atoms with Gasteiger partial charge in [-0.1, -0.05) is 162 Å². The molecule has 0 saturated heterocycles. The van der Waals surface area contributed by atoms with E-state index in [-0.39, 0.29) is 12.1 Å². The fourth-order valence-electron chi connectivity index (χ4n) is 4.65. The summed E-state index contributed by atoms with van der Waals surface area (Å²) in [6.07, 6.45) is 33.1. The van der Waals surface area contributed by atoms with E-state index in [0.29, 0.717) is 0 Å². The number of aliphatic hydroxyl groups is 1. The largest absolute Gasteiger partial charge is 0.392 e. The van der Waals surface area contributed by atoms with Gasteiger partial charge in [0.2, 0.25) is 0 Å². The van der Waals surface area contributed by atoms with Gasteiger partial charge in [0.05, 0.1) is 6.10 Å². The molecule has 0 amide bonds. The first kappa shape index (κ1) is 30.9. The second kappa shape index (κ2) is 26.2. The van der Waals surface area contributed by atoms with Gasteiger partial charge in [0.15, 0.2) is 0 Å². The van der Waals surface area contributed by atoms with Gasteiger partial charge in [-0.05, 0) is 12.8 Å². The molecule has 0 aromatic heterocycles. The molecule has 0 heterocycles. The van der Waals surface area contributed by atoms with Gasteiger partial charge in [-0.2, -0.15) is 0 Å². The summed E-state index contributed by atoms with van der Waals surface area (Å²) in [5.74, 6) is 0. The topological polar surface area (TPSA) is 46.2 Å². The molecule has 0 aliphatic rings. The number of unbranched alkanes of at least 4 members (excludes halogenated alkanes) is 21. The van der Waals surface area contributed by atoms with Crippen LogP contribution in [0.2, 0.25) is 0 Å². The molecule has 0 saturated carbocycles. The highest BCUT2D eigenvalue weighted by atomic mass is 16.3. The first-order valence-corrected chi connectivity index (χ1v) is 14.7. The van der Waals surface area contributed by atoms with Gasteiger partial charge < -0.3 is 10.8 Å². The standard InChI is InChI=1S/C29H61NO/c1-3-5-7-9-11-13-14-15-16-17-19-20-22-24-26-28(30)29(31)27-25-23-21-18-12-10-8-6-4-2/h28-29,31H,3-27,30H2,1-2H3. The molecule has 0 aliphatic heterocycles. The summed E-state index contributed by atoms with van der Waals surface area (Å²) in [6, 6.07) is -0.00799. The maximum Gasteiger partial charge on any atom is 0.0691 e. The summed E-state index contributed by atoms with van der Waals surface area (Å²) in [7, 11) is 0. The molecule has 2 unspecified atom stereocenters. The van der Waals surface area contributed by atoms with E-state index in [9.17, 15) is 5.11 Å². The molecule has 0 rings (SSSR count).